The number of carboxylic acid groups (broad SMARTS) is 1. The molecule has 0 aromatic heterocycles. The van der Waals surface area contributed by atoms with Crippen molar-refractivity contribution >= 4 is 16.0 Å². The van der Waals surface area contributed by atoms with Crippen molar-refractivity contribution in [1.82, 2.24) is 4.31 Å². The molecule has 1 saturated carbocycles. The molecule has 0 spiro atoms. The molecular weight excluding hydrogens is 275 g/mol. The standard InChI is InChI=1S/C9H14F3NO4S/c1-13(5-9(10,11)12)18(16,17)7-4-2-3-6(7)8(14)15/h6-7H,2-5H2,1H3,(H,14,15). The minimum atomic E-state index is -4.64. The van der Waals surface area contributed by atoms with Crippen molar-refractivity contribution < 1.29 is 31.5 Å². The van der Waals surface area contributed by atoms with Crippen LogP contribution in [0.1, 0.15) is 19.3 Å². The van der Waals surface area contributed by atoms with Crippen LogP contribution in [0.25, 0.3) is 0 Å². The van der Waals surface area contributed by atoms with Crippen LogP contribution in [0.15, 0.2) is 0 Å². The fraction of sp³-hybridized carbons (Fsp3) is 0.889. The number of halogens is 3. The zero-order chi connectivity index (χ0) is 14.1. The second-order valence-electron chi connectivity index (χ2n) is 4.33. The highest BCUT2D eigenvalue weighted by Crippen LogP contribution is 2.33. The van der Waals surface area contributed by atoms with E-state index in [9.17, 15) is 26.4 Å². The monoisotopic (exact) mass is 289 g/mol. The number of carbonyl (C=O) groups is 1. The van der Waals surface area contributed by atoms with Crippen LogP contribution < -0.4 is 0 Å². The molecule has 18 heavy (non-hydrogen) atoms. The van der Waals surface area contributed by atoms with Crippen molar-refractivity contribution in [2.75, 3.05) is 13.6 Å². The lowest BCUT2D eigenvalue weighted by Gasteiger charge is -2.24. The highest BCUT2D eigenvalue weighted by molar-refractivity contribution is 7.89. The molecule has 2 unspecified atom stereocenters. The van der Waals surface area contributed by atoms with Crippen LogP contribution in [0.2, 0.25) is 0 Å². The first-order valence-electron chi connectivity index (χ1n) is 5.30. The molecule has 2 atom stereocenters. The molecule has 1 fully saturated rings. The lowest BCUT2D eigenvalue weighted by Crippen LogP contribution is -2.43. The minimum Gasteiger partial charge on any atom is -0.481 e. The molecule has 0 radical (unpaired) electrons. The summed E-state index contributed by atoms with van der Waals surface area (Å²) in [6.07, 6.45) is -3.99. The average molecular weight is 289 g/mol. The third-order valence-corrected chi connectivity index (χ3v) is 5.32. The first-order chi connectivity index (χ1) is 8.05. The summed E-state index contributed by atoms with van der Waals surface area (Å²) < 4.78 is 60.4. The first kappa shape index (κ1) is 15.2. The van der Waals surface area contributed by atoms with Gasteiger partial charge in [-0.25, -0.2) is 8.42 Å². The molecule has 1 aliphatic carbocycles. The Bertz CT molecular complexity index is 420. The van der Waals surface area contributed by atoms with Crippen molar-refractivity contribution in [3.8, 4) is 0 Å². The predicted octanol–water partition coefficient (Wildman–Crippen LogP) is 1.06. The van der Waals surface area contributed by atoms with E-state index in [-0.39, 0.29) is 17.1 Å². The Balaban J connectivity index is 2.89. The van der Waals surface area contributed by atoms with E-state index in [4.69, 9.17) is 5.11 Å². The predicted molar refractivity (Wildman–Crippen MR) is 56.4 cm³/mol. The molecule has 0 aromatic rings. The number of rotatable bonds is 4. The highest BCUT2D eigenvalue weighted by atomic mass is 32.2. The second-order valence-corrected chi connectivity index (χ2v) is 6.59. The van der Waals surface area contributed by atoms with E-state index in [0.29, 0.717) is 6.42 Å². The van der Waals surface area contributed by atoms with E-state index in [2.05, 4.69) is 0 Å². The third kappa shape index (κ3) is 3.35. The van der Waals surface area contributed by atoms with Gasteiger partial charge in [-0.1, -0.05) is 6.42 Å². The summed E-state index contributed by atoms with van der Waals surface area (Å²) in [5, 5.41) is 7.59. The molecule has 9 heteroatoms. The Morgan fingerprint density at radius 1 is 1.39 bits per heavy atom. The van der Waals surface area contributed by atoms with Gasteiger partial charge >= 0.3 is 12.1 Å². The molecule has 1 rings (SSSR count). The molecule has 106 valence electrons. The number of carboxylic acids is 1. The lowest BCUT2D eigenvalue weighted by molar-refractivity contribution is -0.141. The van der Waals surface area contributed by atoms with Crippen LogP contribution in [0.4, 0.5) is 13.2 Å². The number of hydrogen-bond donors (Lipinski definition) is 1. The number of hydrogen-bond acceptors (Lipinski definition) is 3. The maximum absolute atomic E-state index is 12.2. The van der Waals surface area contributed by atoms with Crippen LogP contribution >= 0.6 is 0 Å². The molecule has 1 N–H and O–H groups in total. The first-order valence-corrected chi connectivity index (χ1v) is 6.81. The van der Waals surface area contributed by atoms with Gasteiger partial charge in [0.05, 0.1) is 11.2 Å². The Labute approximate surface area is 103 Å². The van der Waals surface area contributed by atoms with E-state index in [1.807, 2.05) is 0 Å². The van der Waals surface area contributed by atoms with Crippen molar-refractivity contribution in [1.29, 1.82) is 0 Å². The zero-order valence-electron chi connectivity index (χ0n) is 9.64. The normalized spacial score (nSPS) is 25.6. The quantitative estimate of drug-likeness (QED) is 0.840. The van der Waals surface area contributed by atoms with E-state index in [1.54, 1.807) is 0 Å². The summed E-state index contributed by atoms with van der Waals surface area (Å²) >= 11 is 0. The van der Waals surface area contributed by atoms with E-state index >= 15 is 0 Å². The van der Waals surface area contributed by atoms with Gasteiger partial charge in [0.25, 0.3) is 0 Å². The van der Waals surface area contributed by atoms with Gasteiger partial charge in [0, 0.05) is 7.05 Å². The average Bonchev–Trinajstić information content (AvgIpc) is 2.63. The number of nitrogens with zero attached hydrogens (tertiary/aromatic N) is 1. The summed E-state index contributed by atoms with van der Waals surface area (Å²) in [5.41, 5.74) is 0. The smallest absolute Gasteiger partial charge is 0.402 e. The summed E-state index contributed by atoms with van der Waals surface area (Å²) in [7, 11) is -3.41. The summed E-state index contributed by atoms with van der Waals surface area (Å²) in [6, 6.07) is 0. The molecular formula is C9H14F3NO4S. The van der Waals surface area contributed by atoms with Gasteiger partial charge in [-0.05, 0) is 12.8 Å². The highest BCUT2D eigenvalue weighted by Gasteiger charge is 2.45. The van der Waals surface area contributed by atoms with Gasteiger partial charge in [-0.15, -0.1) is 0 Å². The number of alkyl halides is 3. The van der Waals surface area contributed by atoms with Gasteiger partial charge in [0.1, 0.15) is 6.54 Å². The van der Waals surface area contributed by atoms with Crippen molar-refractivity contribution in [3.63, 3.8) is 0 Å². The Morgan fingerprint density at radius 2 is 1.94 bits per heavy atom. The van der Waals surface area contributed by atoms with Gasteiger partial charge < -0.3 is 5.11 Å². The van der Waals surface area contributed by atoms with Gasteiger partial charge in [0.15, 0.2) is 0 Å². The van der Waals surface area contributed by atoms with Gasteiger partial charge in [-0.3, -0.25) is 4.79 Å². The Kier molecular flexibility index (Phi) is 4.26. The topological polar surface area (TPSA) is 74.7 Å². The van der Waals surface area contributed by atoms with Crippen LogP contribution in [0, 0.1) is 5.92 Å². The Morgan fingerprint density at radius 3 is 2.39 bits per heavy atom. The maximum atomic E-state index is 12.2. The molecule has 0 saturated heterocycles. The fourth-order valence-electron chi connectivity index (χ4n) is 2.14. The molecule has 0 amide bonds. The number of aliphatic carboxylic acids is 1. The van der Waals surface area contributed by atoms with Crippen molar-refractivity contribution in [2.45, 2.75) is 30.7 Å². The minimum absolute atomic E-state index is 0.0848. The molecule has 0 heterocycles. The van der Waals surface area contributed by atoms with Gasteiger partial charge in [0.2, 0.25) is 10.0 Å². The fourth-order valence-corrected chi connectivity index (χ4v) is 4.06. The van der Waals surface area contributed by atoms with Gasteiger partial charge in [-0.2, -0.15) is 17.5 Å². The molecule has 0 aromatic carbocycles. The van der Waals surface area contributed by atoms with Crippen molar-refractivity contribution in [3.05, 3.63) is 0 Å². The maximum Gasteiger partial charge on any atom is 0.402 e. The van der Waals surface area contributed by atoms with E-state index < -0.39 is 39.9 Å². The summed E-state index contributed by atoms with van der Waals surface area (Å²) in [5.74, 6) is -2.40. The van der Waals surface area contributed by atoms with Crippen LogP contribution in [-0.2, 0) is 14.8 Å². The Hall–Kier alpha value is -0.830. The van der Waals surface area contributed by atoms with Crippen LogP contribution in [-0.4, -0.2) is 48.8 Å². The SMILES string of the molecule is CN(CC(F)(F)F)S(=O)(=O)C1CCCC1C(=O)O. The molecule has 1 aliphatic rings. The number of sulfonamides is 1. The summed E-state index contributed by atoms with van der Waals surface area (Å²) in [6.45, 7) is -1.60. The molecule has 5 nitrogen and oxygen atoms in total. The largest absolute Gasteiger partial charge is 0.481 e. The molecule has 0 bridgehead atoms. The second kappa shape index (κ2) is 5.04. The molecule has 0 aliphatic heterocycles. The lowest BCUT2D eigenvalue weighted by atomic mass is 10.1. The summed E-state index contributed by atoms with van der Waals surface area (Å²) in [4.78, 5) is 10.9. The van der Waals surface area contributed by atoms with E-state index in [1.165, 1.54) is 0 Å². The van der Waals surface area contributed by atoms with Crippen molar-refractivity contribution in [2.24, 2.45) is 5.92 Å². The zero-order valence-corrected chi connectivity index (χ0v) is 10.5. The third-order valence-electron chi connectivity index (χ3n) is 2.99. The van der Waals surface area contributed by atoms with E-state index in [0.717, 1.165) is 7.05 Å². The van der Waals surface area contributed by atoms with Crippen LogP contribution in [0.3, 0.4) is 0 Å². The van der Waals surface area contributed by atoms with Crippen LogP contribution in [0.5, 0.6) is 0 Å².